The van der Waals surface area contributed by atoms with Crippen molar-refractivity contribution < 1.29 is 4.74 Å². The van der Waals surface area contributed by atoms with Gasteiger partial charge in [0.25, 0.3) is 0 Å². The number of rotatable bonds is 5. The lowest BCUT2D eigenvalue weighted by Crippen LogP contribution is -2.39. The first kappa shape index (κ1) is 20.8. The molecule has 0 aliphatic carbocycles. The number of likely N-dealkylation sites (tertiary alicyclic amines) is 1. The van der Waals surface area contributed by atoms with Gasteiger partial charge >= 0.3 is 0 Å². The van der Waals surface area contributed by atoms with E-state index in [1.807, 2.05) is 4.68 Å². The van der Waals surface area contributed by atoms with Crippen LogP contribution in [0, 0.1) is 0 Å². The first-order valence-electron chi connectivity index (χ1n) is 12.6. The number of hydrogen-bond donors (Lipinski definition) is 1. The van der Waals surface area contributed by atoms with Gasteiger partial charge in [-0.05, 0) is 64.8 Å². The van der Waals surface area contributed by atoms with E-state index in [1.54, 1.807) is 6.33 Å². The number of ether oxygens (including phenoxy) is 1. The summed E-state index contributed by atoms with van der Waals surface area (Å²) in [7, 11) is 0. The fraction of sp³-hybridized carbons (Fsp3) is 0.600. The van der Waals surface area contributed by atoms with E-state index in [4.69, 9.17) is 4.74 Å². The second-order valence-electron chi connectivity index (χ2n) is 10.0. The lowest BCUT2D eigenvalue weighted by atomic mass is 10.1. The van der Waals surface area contributed by atoms with Gasteiger partial charge in [-0.15, -0.1) is 0 Å². The van der Waals surface area contributed by atoms with Crippen molar-refractivity contribution >= 4 is 11.4 Å². The molecule has 2 fully saturated rings. The summed E-state index contributed by atoms with van der Waals surface area (Å²) in [6.07, 6.45) is 9.14. The van der Waals surface area contributed by atoms with Gasteiger partial charge in [-0.3, -0.25) is 0 Å². The summed E-state index contributed by atoms with van der Waals surface area (Å²) >= 11 is 0. The summed E-state index contributed by atoms with van der Waals surface area (Å²) < 4.78 is 8.23. The molecule has 4 aliphatic heterocycles. The van der Waals surface area contributed by atoms with Crippen molar-refractivity contribution in [2.24, 2.45) is 0 Å². The van der Waals surface area contributed by atoms with Gasteiger partial charge in [0.15, 0.2) is 5.82 Å². The maximum absolute atomic E-state index is 6.26. The van der Waals surface area contributed by atoms with E-state index in [9.17, 15) is 0 Å². The molecule has 0 bridgehead atoms. The van der Waals surface area contributed by atoms with Crippen LogP contribution in [-0.4, -0.2) is 69.9 Å². The highest BCUT2D eigenvalue weighted by atomic mass is 16.5. The van der Waals surface area contributed by atoms with Crippen LogP contribution in [0.25, 0.3) is 5.70 Å². The molecular weight excluding hydrogens is 414 g/mol. The zero-order chi connectivity index (χ0) is 22.4. The van der Waals surface area contributed by atoms with Crippen LogP contribution in [0.3, 0.4) is 0 Å². The highest BCUT2D eigenvalue weighted by molar-refractivity contribution is 5.63. The molecule has 8 heteroatoms. The van der Waals surface area contributed by atoms with E-state index < -0.39 is 0 Å². The maximum Gasteiger partial charge on any atom is 0.176 e. The van der Waals surface area contributed by atoms with Gasteiger partial charge in [0, 0.05) is 48.7 Å². The van der Waals surface area contributed by atoms with E-state index in [2.05, 4.69) is 68.3 Å². The Morgan fingerprint density at radius 3 is 2.85 bits per heavy atom. The Morgan fingerprint density at radius 1 is 1.12 bits per heavy atom. The van der Waals surface area contributed by atoms with Gasteiger partial charge in [-0.25, -0.2) is 9.67 Å². The molecule has 0 saturated carbocycles. The first-order valence-corrected chi connectivity index (χ1v) is 12.6. The largest absolute Gasteiger partial charge is 0.491 e. The van der Waals surface area contributed by atoms with E-state index >= 15 is 0 Å². The molecule has 4 aliphatic rings. The predicted octanol–water partition coefficient (Wildman–Crippen LogP) is 3.22. The molecule has 2 saturated heterocycles. The van der Waals surface area contributed by atoms with Crippen molar-refractivity contribution in [3.63, 3.8) is 0 Å². The fourth-order valence-corrected chi connectivity index (χ4v) is 5.84. The van der Waals surface area contributed by atoms with Gasteiger partial charge < -0.3 is 24.8 Å². The van der Waals surface area contributed by atoms with Crippen LogP contribution in [-0.2, 0) is 0 Å². The standard InChI is InChI=1S/C25H35N7O/c1-18(2)32-25(26-17-27-32)22-16-30-12-13-33-23-14-19(7-8-21(23)24(30)28-22)31-11-5-6-20(31)15-29-9-3-4-10-29/h7-8,14,16-18,20,24,28H,3-6,9-13,15H2,1-2H3/t20-,24?/m1/s1. The molecule has 1 aromatic heterocycles. The highest BCUT2D eigenvalue weighted by Gasteiger charge is 2.34. The third kappa shape index (κ3) is 3.84. The third-order valence-corrected chi connectivity index (χ3v) is 7.50. The summed E-state index contributed by atoms with van der Waals surface area (Å²) in [6, 6.07) is 7.71. The number of hydrogen-bond acceptors (Lipinski definition) is 7. The smallest absolute Gasteiger partial charge is 0.176 e. The minimum absolute atomic E-state index is 0.0582. The van der Waals surface area contributed by atoms with Crippen molar-refractivity contribution in [1.29, 1.82) is 0 Å². The van der Waals surface area contributed by atoms with Crippen LogP contribution in [0.4, 0.5) is 5.69 Å². The number of nitrogens with zero attached hydrogens (tertiary/aromatic N) is 6. The van der Waals surface area contributed by atoms with Gasteiger partial charge in [-0.1, -0.05) is 0 Å². The summed E-state index contributed by atoms with van der Waals surface area (Å²) in [5, 5.41) is 8.11. The molecule has 0 radical (unpaired) electrons. The van der Waals surface area contributed by atoms with Crippen LogP contribution < -0.4 is 15.0 Å². The van der Waals surface area contributed by atoms with Crippen LogP contribution in [0.5, 0.6) is 5.75 Å². The third-order valence-electron chi connectivity index (χ3n) is 7.50. The summed E-state index contributed by atoms with van der Waals surface area (Å²) in [5.41, 5.74) is 3.51. The molecule has 176 valence electrons. The van der Waals surface area contributed by atoms with Crippen LogP contribution in [0.2, 0.25) is 0 Å². The van der Waals surface area contributed by atoms with Crippen molar-refractivity contribution in [3.05, 3.63) is 42.1 Å². The molecule has 1 N–H and O–H groups in total. The average molecular weight is 450 g/mol. The lowest BCUT2D eigenvalue weighted by molar-refractivity contribution is 0.248. The Kier molecular flexibility index (Phi) is 5.40. The van der Waals surface area contributed by atoms with Crippen molar-refractivity contribution in [2.45, 2.75) is 57.8 Å². The second-order valence-corrected chi connectivity index (χ2v) is 10.0. The molecule has 6 rings (SSSR count). The van der Waals surface area contributed by atoms with Crippen molar-refractivity contribution in [2.75, 3.05) is 44.2 Å². The monoisotopic (exact) mass is 449 g/mol. The van der Waals surface area contributed by atoms with Crippen LogP contribution in [0.15, 0.2) is 30.7 Å². The number of aromatic nitrogens is 3. The van der Waals surface area contributed by atoms with E-state index in [-0.39, 0.29) is 12.2 Å². The minimum atomic E-state index is 0.0582. The molecule has 2 atom stereocenters. The topological polar surface area (TPSA) is 61.7 Å². The van der Waals surface area contributed by atoms with Crippen molar-refractivity contribution in [3.8, 4) is 5.75 Å². The van der Waals surface area contributed by atoms with Crippen LogP contribution >= 0.6 is 0 Å². The summed E-state index contributed by atoms with van der Waals surface area (Å²) in [5.74, 6) is 1.89. The normalized spacial score (nSPS) is 25.0. The number of nitrogens with one attached hydrogen (secondary N) is 1. The SMILES string of the molecule is CC(C)n1ncnc1C1=CN2CCOc3cc(N4CCC[C@@H]4CN4CCCC4)ccc3C2N1. The molecule has 33 heavy (non-hydrogen) atoms. The molecule has 5 heterocycles. The number of anilines is 1. The molecule has 0 spiro atoms. The van der Waals surface area contributed by atoms with Crippen LogP contribution in [0.1, 0.15) is 63.1 Å². The zero-order valence-corrected chi connectivity index (χ0v) is 19.8. The van der Waals surface area contributed by atoms with Gasteiger partial charge in [-0.2, -0.15) is 5.10 Å². The Labute approximate surface area is 196 Å². The molecule has 8 nitrogen and oxygen atoms in total. The van der Waals surface area contributed by atoms with E-state index in [0.717, 1.165) is 30.4 Å². The molecular formula is C25H35N7O. The average Bonchev–Trinajstić information content (AvgIpc) is 3.60. The zero-order valence-electron chi connectivity index (χ0n) is 19.8. The Balaban J connectivity index is 1.23. The van der Waals surface area contributed by atoms with E-state index in [0.29, 0.717) is 12.6 Å². The second kappa shape index (κ2) is 8.56. The number of benzene rings is 1. The maximum atomic E-state index is 6.26. The predicted molar refractivity (Wildman–Crippen MR) is 129 cm³/mol. The Morgan fingerprint density at radius 2 is 2.00 bits per heavy atom. The molecule has 1 aromatic carbocycles. The molecule has 0 amide bonds. The van der Waals surface area contributed by atoms with Gasteiger partial charge in [0.2, 0.25) is 0 Å². The lowest BCUT2D eigenvalue weighted by Gasteiger charge is -2.31. The van der Waals surface area contributed by atoms with Gasteiger partial charge in [0.1, 0.15) is 24.8 Å². The Hall–Kier alpha value is -2.74. The molecule has 2 aromatic rings. The van der Waals surface area contributed by atoms with E-state index in [1.165, 1.54) is 56.6 Å². The first-order chi connectivity index (χ1) is 16.2. The minimum Gasteiger partial charge on any atom is -0.491 e. The molecule has 1 unspecified atom stereocenters. The summed E-state index contributed by atoms with van der Waals surface area (Å²) in [4.78, 5) is 12.1. The Bertz CT molecular complexity index is 1030. The highest BCUT2D eigenvalue weighted by Crippen LogP contribution is 2.39. The summed E-state index contributed by atoms with van der Waals surface area (Å²) in [6.45, 7) is 10.6. The van der Waals surface area contributed by atoms with Gasteiger partial charge in [0.05, 0.1) is 12.2 Å². The van der Waals surface area contributed by atoms with Crippen molar-refractivity contribution in [1.82, 2.24) is 29.9 Å². The number of fused-ring (bicyclic) bond motifs is 3. The quantitative estimate of drug-likeness (QED) is 0.752. The fourth-order valence-electron chi connectivity index (χ4n) is 5.84.